The lowest BCUT2D eigenvalue weighted by molar-refractivity contribution is 0.104. The molecule has 0 bridgehead atoms. The molecule has 0 unspecified atom stereocenters. The topological polar surface area (TPSA) is 27.6 Å². The van der Waals surface area contributed by atoms with Crippen molar-refractivity contribution in [3.63, 3.8) is 0 Å². The van der Waals surface area contributed by atoms with Crippen molar-refractivity contribution >= 4 is 5.84 Å². The van der Waals surface area contributed by atoms with Crippen molar-refractivity contribution in [1.82, 2.24) is 10.2 Å². The van der Waals surface area contributed by atoms with Gasteiger partial charge in [-0.2, -0.15) is 0 Å². The molecule has 3 aliphatic rings. The zero-order chi connectivity index (χ0) is 12.3. The van der Waals surface area contributed by atoms with Crippen LogP contribution >= 0.6 is 0 Å². The van der Waals surface area contributed by atoms with Crippen molar-refractivity contribution in [2.75, 3.05) is 13.1 Å². The predicted molar refractivity (Wildman–Crippen MR) is 71.4 cm³/mol. The van der Waals surface area contributed by atoms with Gasteiger partial charge in [-0.3, -0.25) is 9.89 Å². The van der Waals surface area contributed by atoms with E-state index in [-0.39, 0.29) is 0 Å². The molecule has 0 aromatic heterocycles. The van der Waals surface area contributed by atoms with Crippen molar-refractivity contribution < 1.29 is 0 Å². The number of likely N-dealkylation sites (tertiary alicyclic amines) is 1. The SMILES string of the molecule is C[C@@H]1C[C@@]2(CC3=NCCN3)C[C@H]2N1C(C)(C)C. The molecule has 1 aliphatic carbocycles. The molecule has 3 nitrogen and oxygen atoms in total. The maximum Gasteiger partial charge on any atom is 0.0970 e. The molecular formula is C14H25N3. The van der Waals surface area contributed by atoms with Crippen LogP contribution in [0.4, 0.5) is 0 Å². The Balaban J connectivity index is 1.73. The first-order valence-corrected chi connectivity index (χ1v) is 6.98. The van der Waals surface area contributed by atoms with E-state index in [9.17, 15) is 0 Å². The van der Waals surface area contributed by atoms with E-state index in [4.69, 9.17) is 0 Å². The third kappa shape index (κ3) is 1.79. The molecule has 2 heterocycles. The quantitative estimate of drug-likeness (QED) is 0.793. The highest BCUT2D eigenvalue weighted by Crippen LogP contribution is 2.63. The predicted octanol–water partition coefficient (Wildman–Crippen LogP) is 2.03. The molecule has 96 valence electrons. The van der Waals surface area contributed by atoms with Gasteiger partial charge >= 0.3 is 0 Å². The van der Waals surface area contributed by atoms with Crippen LogP contribution in [-0.2, 0) is 0 Å². The summed E-state index contributed by atoms with van der Waals surface area (Å²) in [7, 11) is 0. The summed E-state index contributed by atoms with van der Waals surface area (Å²) >= 11 is 0. The number of hydrogen-bond acceptors (Lipinski definition) is 3. The molecule has 3 atom stereocenters. The fourth-order valence-corrected chi connectivity index (χ4v) is 4.22. The van der Waals surface area contributed by atoms with E-state index in [1.165, 1.54) is 25.1 Å². The number of piperidine rings is 1. The lowest BCUT2D eigenvalue weighted by Crippen LogP contribution is -2.45. The molecule has 1 saturated heterocycles. The third-order valence-corrected chi connectivity index (χ3v) is 4.70. The van der Waals surface area contributed by atoms with Crippen LogP contribution in [0, 0.1) is 5.41 Å². The Bertz CT molecular complexity index is 355. The number of amidine groups is 1. The number of hydrogen-bond donors (Lipinski definition) is 1. The van der Waals surface area contributed by atoms with Crippen LogP contribution in [-0.4, -0.2) is 41.4 Å². The standard InChI is InChI=1S/C14H25N3/c1-10-7-14(9-12-15-5-6-16-12)8-11(14)17(10)13(2,3)4/h10-11H,5-9H2,1-4H3,(H,15,16)/t10-,11-,14+/m1/s1. The summed E-state index contributed by atoms with van der Waals surface area (Å²) in [4.78, 5) is 7.31. The molecule has 0 amide bonds. The number of nitrogens with one attached hydrogen (secondary N) is 1. The zero-order valence-corrected chi connectivity index (χ0v) is 11.6. The molecule has 17 heavy (non-hydrogen) atoms. The maximum atomic E-state index is 4.57. The van der Waals surface area contributed by atoms with Gasteiger partial charge in [0.1, 0.15) is 0 Å². The average molecular weight is 235 g/mol. The van der Waals surface area contributed by atoms with Gasteiger partial charge in [-0.1, -0.05) is 0 Å². The smallest absolute Gasteiger partial charge is 0.0970 e. The molecule has 3 rings (SSSR count). The molecule has 3 heteroatoms. The third-order valence-electron chi connectivity index (χ3n) is 4.70. The van der Waals surface area contributed by atoms with E-state index in [0.29, 0.717) is 11.0 Å². The summed E-state index contributed by atoms with van der Waals surface area (Å²) in [6, 6.07) is 1.54. The Hall–Kier alpha value is -0.570. The Morgan fingerprint density at radius 2 is 2.18 bits per heavy atom. The highest BCUT2D eigenvalue weighted by molar-refractivity contribution is 5.84. The summed E-state index contributed by atoms with van der Waals surface area (Å²) in [5, 5.41) is 3.44. The molecule has 1 N–H and O–H groups in total. The normalized spacial score (nSPS) is 41.1. The van der Waals surface area contributed by atoms with Crippen molar-refractivity contribution in [2.24, 2.45) is 10.4 Å². The fraction of sp³-hybridized carbons (Fsp3) is 0.929. The largest absolute Gasteiger partial charge is 0.372 e. The highest BCUT2D eigenvalue weighted by Gasteiger charge is 2.65. The molecule has 2 aliphatic heterocycles. The van der Waals surface area contributed by atoms with Gasteiger partial charge in [-0.05, 0) is 46.0 Å². The second-order valence-corrected chi connectivity index (χ2v) is 7.15. The monoisotopic (exact) mass is 235 g/mol. The summed E-state index contributed by atoms with van der Waals surface area (Å²) in [6.45, 7) is 11.5. The van der Waals surface area contributed by atoms with Crippen molar-refractivity contribution in [2.45, 2.75) is 64.6 Å². The number of fused-ring (bicyclic) bond motifs is 1. The van der Waals surface area contributed by atoms with E-state index in [1.807, 2.05) is 0 Å². The van der Waals surface area contributed by atoms with Gasteiger partial charge < -0.3 is 5.32 Å². The summed E-state index contributed by atoms with van der Waals surface area (Å²) in [6.07, 6.45) is 3.93. The van der Waals surface area contributed by atoms with E-state index < -0.39 is 0 Å². The molecule has 1 saturated carbocycles. The minimum absolute atomic E-state index is 0.313. The van der Waals surface area contributed by atoms with E-state index in [0.717, 1.165) is 25.2 Å². The Kier molecular flexibility index (Phi) is 2.35. The van der Waals surface area contributed by atoms with Gasteiger partial charge in [0.25, 0.3) is 0 Å². The van der Waals surface area contributed by atoms with Crippen LogP contribution in [0.5, 0.6) is 0 Å². The van der Waals surface area contributed by atoms with Crippen molar-refractivity contribution in [3.8, 4) is 0 Å². The highest BCUT2D eigenvalue weighted by atomic mass is 15.3. The number of aliphatic imine (C=N–C) groups is 1. The van der Waals surface area contributed by atoms with Gasteiger partial charge in [0.2, 0.25) is 0 Å². The first-order chi connectivity index (χ1) is 7.92. The van der Waals surface area contributed by atoms with Gasteiger partial charge in [0, 0.05) is 30.6 Å². The lowest BCUT2D eigenvalue weighted by atomic mass is 9.95. The Morgan fingerprint density at radius 1 is 1.41 bits per heavy atom. The lowest BCUT2D eigenvalue weighted by Gasteiger charge is -2.37. The first kappa shape index (κ1) is 11.5. The van der Waals surface area contributed by atoms with Crippen molar-refractivity contribution in [1.29, 1.82) is 0 Å². The Morgan fingerprint density at radius 3 is 2.71 bits per heavy atom. The van der Waals surface area contributed by atoms with Crippen LogP contribution < -0.4 is 5.32 Å². The molecule has 0 radical (unpaired) electrons. The number of rotatable bonds is 2. The minimum Gasteiger partial charge on any atom is -0.372 e. The summed E-state index contributed by atoms with van der Waals surface area (Å²) in [5.41, 5.74) is 0.871. The van der Waals surface area contributed by atoms with Crippen LogP contribution in [0.3, 0.4) is 0 Å². The van der Waals surface area contributed by atoms with Crippen LogP contribution in [0.25, 0.3) is 0 Å². The molecule has 0 spiro atoms. The molecule has 0 aromatic rings. The summed E-state index contributed by atoms with van der Waals surface area (Å²) < 4.78 is 0. The van der Waals surface area contributed by atoms with Crippen LogP contribution in [0.1, 0.15) is 47.0 Å². The molecular weight excluding hydrogens is 210 g/mol. The van der Waals surface area contributed by atoms with Crippen LogP contribution in [0.2, 0.25) is 0 Å². The second-order valence-electron chi connectivity index (χ2n) is 7.15. The van der Waals surface area contributed by atoms with Crippen molar-refractivity contribution in [3.05, 3.63) is 0 Å². The number of nitrogens with zero attached hydrogens (tertiary/aromatic N) is 2. The van der Waals surface area contributed by atoms with Gasteiger partial charge in [0.05, 0.1) is 12.4 Å². The van der Waals surface area contributed by atoms with E-state index in [1.54, 1.807) is 0 Å². The minimum atomic E-state index is 0.313. The molecule has 0 aromatic carbocycles. The average Bonchev–Trinajstić information content (AvgIpc) is 2.61. The fourth-order valence-electron chi connectivity index (χ4n) is 4.22. The van der Waals surface area contributed by atoms with Gasteiger partial charge in [-0.25, -0.2) is 0 Å². The zero-order valence-electron chi connectivity index (χ0n) is 11.6. The van der Waals surface area contributed by atoms with E-state index >= 15 is 0 Å². The van der Waals surface area contributed by atoms with Gasteiger partial charge in [-0.15, -0.1) is 0 Å². The van der Waals surface area contributed by atoms with Crippen LogP contribution in [0.15, 0.2) is 4.99 Å². The molecule has 2 fully saturated rings. The Labute approximate surface area is 105 Å². The van der Waals surface area contributed by atoms with Gasteiger partial charge in [0.15, 0.2) is 0 Å². The second kappa shape index (κ2) is 3.47. The summed E-state index contributed by atoms with van der Waals surface area (Å²) in [5.74, 6) is 1.27. The van der Waals surface area contributed by atoms with E-state index in [2.05, 4.69) is 42.9 Å². The maximum absolute atomic E-state index is 4.57. The first-order valence-electron chi connectivity index (χ1n) is 6.98.